The van der Waals surface area contributed by atoms with Crippen LogP contribution in [0.5, 0.6) is 0 Å². The number of ether oxygens (including phenoxy) is 8. The zero-order valence-electron chi connectivity index (χ0n) is 27.3. The fourth-order valence-corrected chi connectivity index (χ4v) is 6.12. The van der Waals surface area contributed by atoms with Crippen LogP contribution in [0.2, 0.25) is 5.28 Å². The summed E-state index contributed by atoms with van der Waals surface area (Å²) in [6, 6.07) is 0.0795. The molecule has 49 heavy (non-hydrogen) atoms. The number of nitrogens with one attached hydrogen (secondary N) is 1. The summed E-state index contributed by atoms with van der Waals surface area (Å²) in [5.74, 6) is -0.153. The Hall–Kier alpha value is -3.36. The van der Waals surface area contributed by atoms with Gasteiger partial charge in [-0.05, 0) is 30.9 Å². The van der Waals surface area contributed by atoms with Crippen LogP contribution in [0, 0.1) is 0 Å². The normalized spacial score (nSPS) is 19.1. The Morgan fingerprint density at radius 2 is 1.67 bits per heavy atom. The highest BCUT2D eigenvalue weighted by Crippen LogP contribution is 2.48. The van der Waals surface area contributed by atoms with Gasteiger partial charge in [0.25, 0.3) is 0 Å². The van der Waals surface area contributed by atoms with Crippen LogP contribution in [-0.2, 0) is 56.3 Å². The first-order valence-electron chi connectivity index (χ1n) is 15.2. The van der Waals surface area contributed by atoms with Crippen LogP contribution in [0.3, 0.4) is 0 Å². The molecule has 2 aliphatic rings. The third-order valence-corrected chi connectivity index (χ3v) is 8.98. The highest BCUT2D eigenvalue weighted by atomic mass is 35.5. The van der Waals surface area contributed by atoms with Gasteiger partial charge in [0, 0.05) is 34.4 Å². The SMILES string of the molecule is COCCOC(=O)OCOP(=O)(CC(=O)N(C)CC1CCC(n2cnc3c(NC4CCOC4)nc(Cl)nc32)O1)OCOC(=O)OCCOC. The van der Waals surface area contributed by atoms with Crippen LogP contribution < -0.4 is 5.32 Å². The summed E-state index contributed by atoms with van der Waals surface area (Å²) in [5, 5.41) is 3.36. The molecule has 3 unspecified atom stereocenters. The molecule has 0 spiro atoms. The summed E-state index contributed by atoms with van der Waals surface area (Å²) in [4.78, 5) is 51.1. The van der Waals surface area contributed by atoms with Crippen molar-refractivity contribution >= 4 is 54.4 Å². The molecular formula is C27H40ClN6O14P. The molecule has 20 nitrogen and oxygen atoms in total. The van der Waals surface area contributed by atoms with Gasteiger partial charge in [-0.25, -0.2) is 14.6 Å². The van der Waals surface area contributed by atoms with Gasteiger partial charge in [0.05, 0.1) is 38.3 Å². The van der Waals surface area contributed by atoms with Crippen LogP contribution in [0.1, 0.15) is 25.5 Å². The summed E-state index contributed by atoms with van der Waals surface area (Å²) in [6.07, 6.45) is -0.316. The summed E-state index contributed by atoms with van der Waals surface area (Å²) >= 11 is 6.24. The number of halogens is 1. The van der Waals surface area contributed by atoms with Gasteiger partial charge >= 0.3 is 19.9 Å². The Morgan fingerprint density at radius 3 is 2.29 bits per heavy atom. The predicted octanol–water partition coefficient (Wildman–Crippen LogP) is 2.56. The zero-order valence-corrected chi connectivity index (χ0v) is 28.9. The minimum Gasteiger partial charge on any atom is -0.432 e. The number of carbonyl (C=O) groups excluding carboxylic acids is 3. The second-order valence-corrected chi connectivity index (χ2v) is 13.1. The Kier molecular flexibility index (Phi) is 15.0. The number of aromatic nitrogens is 4. The molecule has 0 aromatic carbocycles. The first-order chi connectivity index (χ1) is 23.6. The van der Waals surface area contributed by atoms with Crippen LogP contribution in [0.4, 0.5) is 15.4 Å². The number of fused-ring (bicyclic) bond motifs is 1. The summed E-state index contributed by atoms with van der Waals surface area (Å²) < 4.78 is 65.7. The molecule has 4 rings (SSSR count). The van der Waals surface area contributed by atoms with Gasteiger partial charge in [-0.3, -0.25) is 23.0 Å². The summed E-state index contributed by atoms with van der Waals surface area (Å²) in [5.41, 5.74) is 1.02. The molecule has 0 saturated carbocycles. The number of nitrogens with zero attached hydrogens (tertiary/aromatic N) is 5. The van der Waals surface area contributed by atoms with Crippen molar-refractivity contribution in [3.8, 4) is 0 Å². The van der Waals surface area contributed by atoms with E-state index in [9.17, 15) is 18.9 Å². The largest absolute Gasteiger partial charge is 0.510 e. The van der Waals surface area contributed by atoms with Crippen LogP contribution in [0.15, 0.2) is 6.33 Å². The van der Waals surface area contributed by atoms with Crippen molar-refractivity contribution < 1.29 is 65.9 Å². The third kappa shape index (κ3) is 11.9. The van der Waals surface area contributed by atoms with Gasteiger partial charge in [0.2, 0.25) is 24.8 Å². The number of hydrogen-bond acceptors (Lipinski definition) is 18. The molecule has 1 amide bonds. The van der Waals surface area contributed by atoms with E-state index in [1.807, 2.05) is 0 Å². The van der Waals surface area contributed by atoms with Gasteiger partial charge in [0.15, 0.2) is 17.0 Å². The number of rotatable bonds is 19. The van der Waals surface area contributed by atoms with Crippen molar-refractivity contribution in [2.45, 2.75) is 37.6 Å². The smallest absolute Gasteiger partial charge is 0.432 e. The molecule has 2 fully saturated rings. The van der Waals surface area contributed by atoms with Crippen molar-refractivity contribution in [1.82, 2.24) is 24.4 Å². The maximum absolute atomic E-state index is 13.5. The van der Waals surface area contributed by atoms with E-state index in [0.717, 1.165) is 6.42 Å². The van der Waals surface area contributed by atoms with Gasteiger partial charge in [-0.15, -0.1) is 0 Å². The van der Waals surface area contributed by atoms with Crippen molar-refractivity contribution in [2.24, 2.45) is 0 Å². The molecule has 2 aromatic heterocycles. The van der Waals surface area contributed by atoms with E-state index in [4.69, 9.17) is 58.5 Å². The van der Waals surface area contributed by atoms with Gasteiger partial charge in [-0.1, -0.05) is 0 Å². The molecule has 0 bridgehead atoms. The topological polar surface area (TPSA) is 219 Å². The van der Waals surface area contributed by atoms with E-state index in [1.165, 1.54) is 26.2 Å². The zero-order chi connectivity index (χ0) is 35.2. The minimum atomic E-state index is -4.35. The van der Waals surface area contributed by atoms with Gasteiger partial charge in [0.1, 0.15) is 25.6 Å². The number of anilines is 1. The second kappa shape index (κ2) is 19.1. The van der Waals surface area contributed by atoms with Gasteiger partial charge < -0.3 is 48.1 Å². The number of methoxy groups -OCH3 is 2. The molecule has 2 aromatic rings. The number of amides is 1. The van der Waals surface area contributed by atoms with Crippen molar-refractivity contribution in [1.29, 1.82) is 0 Å². The predicted molar refractivity (Wildman–Crippen MR) is 167 cm³/mol. The van der Waals surface area contributed by atoms with E-state index in [0.29, 0.717) is 43.0 Å². The molecule has 3 atom stereocenters. The van der Waals surface area contributed by atoms with Crippen molar-refractivity contribution in [2.75, 3.05) is 92.5 Å². The highest BCUT2D eigenvalue weighted by molar-refractivity contribution is 7.54. The van der Waals surface area contributed by atoms with Crippen molar-refractivity contribution in [3.05, 3.63) is 11.6 Å². The second-order valence-electron chi connectivity index (χ2n) is 10.7. The standard InChI is InChI=1S/C27H40ClN6O14P/c1-33(20(35)14-49(38,46-16-44-26(36)42-10-8-39-2)47-17-45-27(37)43-11-9-40-3)12-19-4-5-21(48-19)34-15-29-22-23(30-18-6-7-41-13-18)31-25(28)32-24(22)34/h15,18-19,21H,4-14,16-17H2,1-3H3,(H,30,31,32). The molecule has 4 heterocycles. The number of imidazole rings is 1. The fraction of sp³-hybridized carbons (Fsp3) is 0.704. The molecule has 2 aliphatic heterocycles. The lowest BCUT2D eigenvalue weighted by molar-refractivity contribution is -0.129. The highest BCUT2D eigenvalue weighted by Gasteiger charge is 2.35. The lowest BCUT2D eigenvalue weighted by atomic mass is 10.2. The molecule has 274 valence electrons. The molecule has 0 radical (unpaired) electrons. The quantitative estimate of drug-likeness (QED) is 0.0719. The number of hydrogen-bond donors (Lipinski definition) is 1. The molecule has 1 N–H and O–H groups in total. The Morgan fingerprint density at radius 1 is 1.00 bits per heavy atom. The number of carbonyl (C=O) groups is 3. The number of likely N-dealkylation sites (N-methyl/N-ethyl adjacent to an activating group) is 1. The van der Waals surface area contributed by atoms with E-state index < -0.39 is 57.9 Å². The van der Waals surface area contributed by atoms with E-state index >= 15 is 0 Å². The van der Waals surface area contributed by atoms with Crippen LogP contribution in [-0.4, -0.2) is 142 Å². The van der Waals surface area contributed by atoms with E-state index in [2.05, 4.69) is 20.3 Å². The average molecular weight is 739 g/mol. The van der Waals surface area contributed by atoms with Crippen molar-refractivity contribution in [3.63, 3.8) is 0 Å². The maximum atomic E-state index is 13.5. The third-order valence-electron chi connectivity index (χ3n) is 7.16. The lowest BCUT2D eigenvalue weighted by Gasteiger charge is -2.24. The van der Waals surface area contributed by atoms with E-state index in [1.54, 1.807) is 10.9 Å². The lowest BCUT2D eigenvalue weighted by Crippen LogP contribution is -2.36. The van der Waals surface area contributed by atoms with Crippen LogP contribution >= 0.6 is 19.2 Å². The first-order valence-corrected chi connectivity index (χ1v) is 17.3. The summed E-state index contributed by atoms with van der Waals surface area (Å²) in [7, 11) is -0.0282. The molecule has 0 aliphatic carbocycles. The molecule has 2 saturated heterocycles. The maximum Gasteiger partial charge on any atom is 0.510 e. The molecule has 22 heteroatoms. The summed E-state index contributed by atoms with van der Waals surface area (Å²) in [6.45, 7) is -0.388. The van der Waals surface area contributed by atoms with Crippen LogP contribution in [0.25, 0.3) is 11.2 Å². The fourth-order valence-electron chi connectivity index (χ4n) is 4.70. The molecular weight excluding hydrogens is 699 g/mol. The van der Waals surface area contributed by atoms with E-state index in [-0.39, 0.29) is 44.3 Å². The Bertz CT molecular complexity index is 1410. The average Bonchev–Trinajstić information content (AvgIpc) is 3.83. The Labute approximate surface area is 286 Å². The minimum absolute atomic E-state index is 0.0474. The first kappa shape index (κ1) is 38.4. The van der Waals surface area contributed by atoms with Gasteiger partial charge in [-0.2, -0.15) is 9.97 Å². The monoisotopic (exact) mass is 738 g/mol. The Balaban J connectivity index is 1.32.